The van der Waals surface area contributed by atoms with Crippen LogP contribution < -0.4 is 10.1 Å². The van der Waals surface area contributed by atoms with E-state index in [-0.39, 0.29) is 6.42 Å². The number of rotatable bonds is 9. The zero-order chi connectivity index (χ0) is 24.8. The van der Waals surface area contributed by atoms with Gasteiger partial charge in [0.2, 0.25) is 0 Å². The average molecular weight is 492 g/mol. The van der Waals surface area contributed by atoms with E-state index < -0.39 is 18.0 Å². The molecular formula is C26H25N3O5S. The summed E-state index contributed by atoms with van der Waals surface area (Å²) in [4.78, 5) is 29.2. The summed E-state index contributed by atoms with van der Waals surface area (Å²) in [7, 11) is 0. The van der Waals surface area contributed by atoms with Gasteiger partial charge < -0.3 is 14.0 Å². The highest BCUT2D eigenvalue weighted by Gasteiger charge is 2.19. The molecule has 1 unspecified atom stereocenters. The van der Waals surface area contributed by atoms with Crippen molar-refractivity contribution >= 4 is 28.3 Å². The Morgan fingerprint density at radius 3 is 2.51 bits per heavy atom. The molecule has 2 aromatic heterocycles. The first-order valence-corrected chi connectivity index (χ1v) is 11.9. The summed E-state index contributed by atoms with van der Waals surface area (Å²) in [6.07, 6.45) is -0.916. The molecule has 0 saturated heterocycles. The van der Waals surface area contributed by atoms with Gasteiger partial charge >= 0.3 is 5.97 Å². The molecule has 0 saturated carbocycles. The van der Waals surface area contributed by atoms with Crippen molar-refractivity contribution < 1.29 is 23.6 Å². The molecule has 0 radical (unpaired) electrons. The number of ether oxygens (including phenoxy) is 2. The Balaban J connectivity index is 1.25. The number of carbonyl (C=O) groups excluding carboxylic acids is 2. The van der Waals surface area contributed by atoms with Gasteiger partial charge in [0.25, 0.3) is 5.91 Å². The van der Waals surface area contributed by atoms with E-state index in [9.17, 15) is 9.59 Å². The number of aromatic nitrogens is 2. The molecule has 2 heterocycles. The Hall–Kier alpha value is -3.98. The summed E-state index contributed by atoms with van der Waals surface area (Å²) >= 11 is 1.31. The summed E-state index contributed by atoms with van der Waals surface area (Å²) in [5.74, 6) is 0.455. The average Bonchev–Trinajstić information content (AvgIpc) is 3.45. The molecule has 1 N–H and O–H groups in total. The molecular weight excluding hydrogens is 466 g/mol. The van der Waals surface area contributed by atoms with Crippen LogP contribution >= 0.6 is 11.3 Å². The second-order valence-electron chi connectivity index (χ2n) is 7.94. The lowest BCUT2D eigenvalue weighted by atomic mass is 10.1. The Morgan fingerprint density at radius 1 is 1.09 bits per heavy atom. The molecule has 0 aliphatic carbocycles. The van der Waals surface area contributed by atoms with Crippen LogP contribution in [0.15, 0.2) is 64.5 Å². The van der Waals surface area contributed by atoms with E-state index >= 15 is 0 Å². The van der Waals surface area contributed by atoms with Crippen molar-refractivity contribution in [3.8, 4) is 17.0 Å². The first kappa shape index (κ1) is 24.2. The van der Waals surface area contributed by atoms with E-state index in [0.717, 1.165) is 33.8 Å². The van der Waals surface area contributed by atoms with Gasteiger partial charge in [0.05, 0.1) is 23.4 Å². The number of hydrogen-bond donors (Lipinski definition) is 1. The monoisotopic (exact) mass is 491 g/mol. The summed E-state index contributed by atoms with van der Waals surface area (Å²) in [5, 5.41) is 8.93. The number of thiazole rings is 1. The molecule has 9 heteroatoms. The zero-order valence-corrected chi connectivity index (χ0v) is 20.4. The third kappa shape index (κ3) is 6.33. The zero-order valence-electron chi connectivity index (χ0n) is 19.6. The topological polar surface area (TPSA) is 104 Å². The number of amides is 1. The van der Waals surface area contributed by atoms with Crippen molar-refractivity contribution in [1.29, 1.82) is 0 Å². The van der Waals surface area contributed by atoms with E-state index in [1.807, 2.05) is 49.6 Å². The minimum absolute atomic E-state index is 0.0389. The lowest BCUT2D eigenvalue weighted by Gasteiger charge is -2.12. The van der Waals surface area contributed by atoms with Crippen molar-refractivity contribution in [2.75, 3.05) is 5.32 Å². The van der Waals surface area contributed by atoms with E-state index in [4.69, 9.17) is 14.0 Å². The number of carbonyl (C=O) groups is 2. The predicted molar refractivity (Wildman–Crippen MR) is 132 cm³/mol. The van der Waals surface area contributed by atoms with Gasteiger partial charge in [-0.15, -0.1) is 11.3 Å². The highest BCUT2D eigenvalue weighted by Crippen LogP contribution is 2.25. The minimum Gasteiger partial charge on any atom is -0.489 e. The van der Waals surface area contributed by atoms with Gasteiger partial charge in [-0.2, -0.15) is 0 Å². The van der Waals surface area contributed by atoms with Gasteiger partial charge in [0, 0.05) is 10.9 Å². The Morgan fingerprint density at radius 2 is 1.83 bits per heavy atom. The lowest BCUT2D eigenvalue weighted by molar-refractivity contribution is -0.152. The van der Waals surface area contributed by atoms with E-state index in [1.165, 1.54) is 18.3 Å². The maximum Gasteiger partial charge on any atom is 0.311 e. The predicted octanol–water partition coefficient (Wildman–Crippen LogP) is 5.11. The van der Waals surface area contributed by atoms with Crippen LogP contribution in [0.1, 0.15) is 29.5 Å². The molecule has 4 rings (SSSR count). The fourth-order valence-corrected chi connectivity index (χ4v) is 4.03. The summed E-state index contributed by atoms with van der Waals surface area (Å²) in [5.41, 5.74) is 4.20. The lowest BCUT2D eigenvalue weighted by Crippen LogP contribution is -2.30. The molecule has 1 amide bonds. The van der Waals surface area contributed by atoms with Gasteiger partial charge in [-0.25, -0.2) is 4.98 Å². The maximum absolute atomic E-state index is 12.5. The molecule has 2 aromatic carbocycles. The van der Waals surface area contributed by atoms with Crippen molar-refractivity contribution in [3.05, 3.63) is 82.6 Å². The van der Waals surface area contributed by atoms with E-state index in [0.29, 0.717) is 17.5 Å². The highest BCUT2D eigenvalue weighted by atomic mass is 32.1. The number of hydrogen-bond acceptors (Lipinski definition) is 8. The molecule has 35 heavy (non-hydrogen) atoms. The Bertz CT molecular complexity index is 1280. The molecule has 180 valence electrons. The molecule has 0 bridgehead atoms. The molecule has 0 fully saturated rings. The Labute approximate surface area is 206 Å². The maximum atomic E-state index is 12.5. The molecule has 4 aromatic rings. The minimum atomic E-state index is -0.954. The SMILES string of the molecule is Cc1noc(C)c1COc1ccc(CC(=O)OC(C)C(=O)Nc2nc(-c3ccccc3)cs2)cc1. The van der Waals surface area contributed by atoms with Crippen LogP contribution in [0.5, 0.6) is 5.75 Å². The summed E-state index contributed by atoms with van der Waals surface area (Å²) < 4.78 is 16.2. The van der Waals surface area contributed by atoms with Crippen molar-refractivity contribution in [3.63, 3.8) is 0 Å². The number of aryl methyl sites for hydroxylation is 2. The fraction of sp³-hybridized carbons (Fsp3) is 0.231. The van der Waals surface area contributed by atoms with Crippen molar-refractivity contribution in [2.45, 2.75) is 39.9 Å². The van der Waals surface area contributed by atoms with Crippen LogP contribution in [0.2, 0.25) is 0 Å². The van der Waals surface area contributed by atoms with Crippen LogP contribution in [-0.4, -0.2) is 28.1 Å². The van der Waals surface area contributed by atoms with E-state index in [2.05, 4.69) is 15.5 Å². The quantitative estimate of drug-likeness (QED) is 0.325. The van der Waals surface area contributed by atoms with Crippen LogP contribution in [0, 0.1) is 13.8 Å². The number of anilines is 1. The highest BCUT2D eigenvalue weighted by molar-refractivity contribution is 7.14. The van der Waals surface area contributed by atoms with E-state index in [1.54, 1.807) is 24.3 Å². The first-order valence-electron chi connectivity index (χ1n) is 11.0. The number of nitrogens with zero attached hydrogens (tertiary/aromatic N) is 2. The molecule has 0 aliphatic rings. The second kappa shape index (κ2) is 11.0. The van der Waals surface area contributed by atoms with Crippen molar-refractivity contribution in [2.24, 2.45) is 0 Å². The summed E-state index contributed by atoms with van der Waals surface area (Å²) in [6.45, 7) is 5.59. The van der Waals surface area contributed by atoms with Crippen LogP contribution in [0.4, 0.5) is 5.13 Å². The standard InChI is InChI=1S/C26H25N3O5S/c1-16-22(17(2)34-29-16)14-32-21-11-9-19(10-12-21)13-24(30)33-18(3)25(31)28-26-27-23(15-35-26)20-7-5-4-6-8-20/h4-12,15,18H,13-14H2,1-3H3,(H,27,28,31). The molecule has 0 spiro atoms. The summed E-state index contributed by atoms with van der Waals surface area (Å²) in [6, 6.07) is 16.8. The third-order valence-corrected chi connectivity index (χ3v) is 6.08. The van der Waals surface area contributed by atoms with Crippen LogP contribution in [-0.2, 0) is 27.4 Å². The van der Waals surface area contributed by atoms with Gasteiger partial charge in [-0.05, 0) is 38.5 Å². The Kier molecular flexibility index (Phi) is 7.57. The van der Waals surface area contributed by atoms with Gasteiger partial charge in [-0.3, -0.25) is 14.9 Å². The third-order valence-electron chi connectivity index (χ3n) is 5.32. The number of nitrogens with one attached hydrogen (secondary N) is 1. The number of benzene rings is 2. The normalized spacial score (nSPS) is 11.6. The van der Waals surface area contributed by atoms with Crippen molar-refractivity contribution in [1.82, 2.24) is 10.1 Å². The molecule has 8 nitrogen and oxygen atoms in total. The fourth-order valence-electron chi connectivity index (χ4n) is 3.31. The largest absolute Gasteiger partial charge is 0.489 e. The first-order chi connectivity index (χ1) is 16.9. The molecule has 1 atom stereocenters. The van der Waals surface area contributed by atoms with Crippen LogP contribution in [0.25, 0.3) is 11.3 Å². The van der Waals surface area contributed by atoms with Crippen LogP contribution in [0.3, 0.4) is 0 Å². The van der Waals surface area contributed by atoms with Gasteiger partial charge in [0.15, 0.2) is 11.2 Å². The second-order valence-corrected chi connectivity index (χ2v) is 8.80. The van der Waals surface area contributed by atoms with Gasteiger partial charge in [-0.1, -0.05) is 47.6 Å². The smallest absolute Gasteiger partial charge is 0.311 e. The number of esters is 1. The molecule has 0 aliphatic heterocycles. The van der Waals surface area contributed by atoms with Gasteiger partial charge in [0.1, 0.15) is 18.1 Å².